The Morgan fingerprint density at radius 1 is 0.903 bits per heavy atom. The second-order valence-electron chi connectivity index (χ2n) is 7.52. The Kier molecular flexibility index (Phi) is 4.18. The topological polar surface area (TPSA) is 75.7 Å². The van der Waals surface area contributed by atoms with Gasteiger partial charge < -0.3 is 15.0 Å². The van der Waals surface area contributed by atoms with Crippen molar-refractivity contribution in [1.82, 2.24) is 5.32 Å². The third-order valence-electron chi connectivity index (χ3n) is 6.06. The van der Waals surface area contributed by atoms with Gasteiger partial charge in [-0.2, -0.15) is 0 Å². The Balaban J connectivity index is 1.95. The molecule has 3 aromatic rings. The van der Waals surface area contributed by atoms with Gasteiger partial charge in [0.05, 0.1) is 6.61 Å². The van der Waals surface area contributed by atoms with Crippen LogP contribution in [-0.4, -0.2) is 24.3 Å². The molecular formula is C25H20N2O4. The first-order valence-electron chi connectivity index (χ1n) is 10.1. The van der Waals surface area contributed by atoms with Crippen molar-refractivity contribution < 1.29 is 19.1 Å². The molecule has 1 amide bonds. The summed E-state index contributed by atoms with van der Waals surface area (Å²) in [6, 6.07) is 25.7. The number of nitrogens with one attached hydrogen (secondary N) is 1. The summed E-state index contributed by atoms with van der Waals surface area (Å²) in [4.78, 5) is 42.1. The first-order chi connectivity index (χ1) is 15.1. The van der Waals surface area contributed by atoms with Gasteiger partial charge in [0.25, 0.3) is 5.91 Å². The van der Waals surface area contributed by atoms with Crippen LogP contribution in [0.15, 0.2) is 84.9 Å². The number of esters is 1. The quantitative estimate of drug-likeness (QED) is 0.405. The van der Waals surface area contributed by atoms with Crippen molar-refractivity contribution >= 4 is 29.0 Å². The minimum atomic E-state index is -1.88. The fraction of sp³-hybridized carbons (Fsp3) is 0.160. The van der Waals surface area contributed by atoms with Crippen molar-refractivity contribution in [3.63, 3.8) is 0 Å². The normalized spacial score (nSPS) is 23.8. The van der Waals surface area contributed by atoms with E-state index in [2.05, 4.69) is 5.32 Å². The number of fused-ring (bicyclic) bond motifs is 3. The number of ketones is 1. The van der Waals surface area contributed by atoms with Crippen LogP contribution >= 0.6 is 0 Å². The lowest BCUT2D eigenvalue weighted by molar-refractivity contribution is -0.156. The maximum absolute atomic E-state index is 13.7. The highest BCUT2D eigenvalue weighted by Crippen LogP contribution is 2.61. The average molecular weight is 412 g/mol. The number of Topliss-reactive ketones (excluding diaryl/α,β-unsaturated/α-hetero) is 1. The number of carbonyl (C=O) groups excluding carboxylic acids is 3. The highest BCUT2D eigenvalue weighted by Gasteiger charge is 2.78. The maximum atomic E-state index is 13.7. The zero-order valence-electron chi connectivity index (χ0n) is 16.9. The van der Waals surface area contributed by atoms with Crippen LogP contribution in [0.25, 0.3) is 0 Å². The van der Waals surface area contributed by atoms with E-state index in [1.807, 2.05) is 77.7 Å². The molecule has 2 heterocycles. The standard InChI is InChI=1S/C25H20N2O4/c1-2-31-23(30)24-19-15-9-10-16-20(19)27(18-13-7-4-8-14-18)25(24,26-22(29)21(24)28)17-11-5-3-6-12-17/h3-16H,2H2,1H3,(H,26,29)/t24-,25-/m0/s1. The van der Waals surface area contributed by atoms with Crippen molar-refractivity contribution in [3.8, 4) is 0 Å². The Labute approximate surface area is 179 Å². The van der Waals surface area contributed by atoms with E-state index in [0.717, 1.165) is 5.69 Å². The van der Waals surface area contributed by atoms with Crippen LogP contribution in [0.5, 0.6) is 0 Å². The van der Waals surface area contributed by atoms with Crippen LogP contribution in [0.1, 0.15) is 18.1 Å². The van der Waals surface area contributed by atoms with Gasteiger partial charge >= 0.3 is 5.97 Å². The number of para-hydroxylation sites is 2. The van der Waals surface area contributed by atoms with Gasteiger partial charge in [-0.3, -0.25) is 14.4 Å². The predicted molar refractivity (Wildman–Crippen MR) is 115 cm³/mol. The molecule has 0 aromatic heterocycles. The fourth-order valence-electron chi connectivity index (χ4n) is 4.95. The van der Waals surface area contributed by atoms with Crippen LogP contribution in [-0.2, 0) is 30.2 Å². The molecule has 2 aliphatic heterocycles. The lowest BCUT2D eigenvalue weighted by Crippen LogP contribution is -2.62. The molecule has 0 saturated carbocycles. The summed E-state index contributed by atoms with van der Waals surface area (Å²) in [5.41, 5.74) is -0.918. The molecule has 6 nitrogen and oxygen atoms in total. The lowest BCUT2D eigenvalue weighted by atomic mass is 9.69. The SMILES string of the molecule is CCOC(=O)[C@]12C(=O)C(=O)N[C@@]1(c1ccccc1)N(c1ccccc1)c1ccccc12. The second-order valence-corrected chi connectivity index (χ2v) is 7.52. The molecule has 154 valence electrons. The zero-order valence-corrected chi connectivity index (χ0v) is 16.9. The van der Waals surface area contributed by atoms with Gasteiger partial charge in [-0.05, 0) is 25.1 Å². The molecule has 0 radical (unpaired) electrons. The van der Waals surface area contributed by atoms with E-state index in [1.54, 1.807) is 19.1 Å². The van der Waals surface area contributed by atoms with Gasteiger partial charge in [0.15, 0.2) is 5.66 Å². The smallest absolute Gasteiger partial charge is 0.329 e. The van der Waals surface area contributed by atoms with Gasteiger partial charge in [-0.15, -0.1) is 0 Å². The van der Waals surface area contributed by atoms with Crippen molar-refractivity contribution in [2.75, 3.05) is 11.5 Å². The first kappa shape index (κ1) is 19.1. The van der Waals surface area contributed by atoms with Crippen molar-refractivity contribution in [1.29, 1.82) is 0 Å². The lowest BCUT2D eigenvalue weighted by Gasteiger charge is -2.43. The molecule has 1 N–H and O–H groups in total. The van der Waals surface area contributed by atoms with Crippen molar-refractivity contribution in [2.45, 2.75) is 18.0 Å². The molecular weight excluding hydrogens is 392 g/mol. The van der Waals surface area contributed by atoms with Crippen LogP contribution in [0.3, 0.4) is 0 Å². The Morgan fingerprint density at radius 2 is 1.52 bits per heavy atom. The first-order valence-corrected chi connectivity index (χ1v) is 10.1. The zero-order chi connectivity index (χ0) is 21.6. The van der Waals surface area contributed by atoms with E-state index in [4.69, 9.17) is 4.74 Å². The number of carbonyl (C=O) groups is 3. The predicted octanol–water partition coefficient (Wildman–Crippen LogP) is 3.19. The van der Waals surface area contributed by atoms with Gasteiger partial charge in [0.1, 0.15) is 0 Å². The second kappa shape index (κ2) is 6.80. The molecule has 31 heavy (non-hydrogen) atoms. The summed E-state index contributed by atoms with van der Waals surface area (Å²) in [6.07, 6.45) is 0. The molecule has 3 aromatic carbocycles. The largest absolute Gasteiger partial charge is 0.465 e. The summed E-state index contributed by atoms with van der Waals surface area (Å²) >= 11 is 0. The van der Waals surface area contributed by atoms with Crippen LogP contribution in [0.2, 0.25) is 0 Å². The number of ether oxygens (including phenoxy) is 1. The van der Waals surface area contributed by atoms with Crippen LogP contribution in [0.4, 0.5) is 11.4 Å². The number of hydrogen-bond donors (Lipinski definition) is 1. The molecule has 0 bridgehead atoms. The van der Waals surface area contributed by atoms with E-state index in [-0.39, 0.29) is 6.61 Å². The van der Waals surface area contributed by atoms with Crippen LogP contribution < -0.4 is 10.2 Å². The number of anilines is 2. The molecule has 5 rings (SSSR count). The molecule has 0 aliphatic carbocycles. The monoisotopic (exact) mass is 412 g/mol. The fourth-order valence-corrected chi connectivity index (χ4v) is 4.95. The number of rotatable bonds is 4. The average Bonchev–Trinajstić information content (AvgIpc) is 3.20. The highest BCUT2D eigenvalue weighted by atomic mass is 16.5. The van der Waals surface area contributed by atoms with Crippen molar-refractivity contribution in [3.05, 3.63) is 96.1 Å². The summed E-state index contributed by atoms with van der Waals surface area (Å²) in [5, 5.41) is 2.91. The molecule has 2 atom stereocenters. The molecule has 6 heteroatoms. The Morgan fingerprint density at radius 3 is 2.19 bits per heavy atom. The molecule has 2 aliphatic rings. The summed E-state index contributed by atoms with van der Waals surface area (Å²) in [5.74, 6) is -2.37. The van der Waals surface area contributed by atoms with E-state index < -0.39 is 28.7 Å². The van der Waals surface area contributed by atoms with E-state index >= 15 is 0 Å². The summed E-state index contributed by atoms with van der Waals surface area (Å²) in [7, 11) is 0. The third kappa shape index (κ3) is 2.24. The van der Waals surface area contributed by atoms with E-state index in [9.17, 15) is 14.4 Å². The number of nitrogens with zero attached hydrogens (tertiary/aromatic N) is 1. The molecule has 1 fully saturated rings. The van der Waals surface area contributed by atoms with Gasteiger partial charge in [-0.1, -0.05) is 66.7 Å². The van der Waals surface area contributed by atoms with Crippen molar-refractivity contribution in [2.24, 2.45) is 0 Å². The number of benzene rings is 3. The van der Waals surface area contributed by atoms with Gasteiger partial charge in [0.2, 0.25) is 11.2 Å². The van der Waals surface area contributed by atoms with Crippen LogP contribution in [0, 0.1) is 0 Å². The van der Waals surface area contributed by atoms with Gasteiger partial charge in [-0.25, -0.2) is 0 Å². The summed E-state index contributed by atoms with van der Waals surface area (Å²) in [6.45, 7) is 1.77. The Hall–Kier alpha value is -3.93. The molecule has 0 unspecified atom stereocenters. The number of amides is 1. The minimum absolute atomic E-state index is 0.0838. The van der Waals surface area contributed by atoms with E-state index in [1.165, 1.54) is 0 Å². The Bertz CT molecular complexity index is 1190. The number of hydrogen-bond acceptors (Lipinski definition) is 5. The third-order valence-corrected chi connectivity index (χ3v) is 6.06. The van der Waals surface area contributed by atoms with Gasteiger partial charge in [0, 0.05) is 22.5 Å². The molecule has 1 saturated heterocycles. The minimum Gasteiger partial charge on any atom is -0.465 e. The van der Waals surface area contributed by atoms with E-state index in [0.29, 0.717) is 16.8 Å². The highest BCUT2D eigenvalue weighted by molar-refractivity contribution is 6.48. The maximum Gasteiger partial charge on any atom is 0.329 e. The summed E-state index contributed by atoms with van der Waals surface area (Å²) < 4.78 is 5.46. The molecule has 0 spiro atoms.